The zero-order valence-electron chi connectivity index (χ0n) is 13.9. The minimum Gasteiger partial charge on any atom is -0.481 e. The van der Waals surface area contributed by atoms with Gasteiger partial charge in [0, 0.05) is 12.3 Å². The van der Waals surface area contributed by atoms with Crippen molar-refractivity contribution in [1.29, 1.82) is 0 Å². The number of aliphatic carboxylic acids is 2. The van der Waals surface area contributed by atoms with Crippen molar-refractivity contribution in [2.45, 2.75) is 37.4 Å². The summed E-state index contributed by atoms with van der Waals surface area (Å²) < 4.78 is 0. The van der Waals surface area contributed by atoms with Crippen LogP contribution >= 0.6 is 12.6 Å². The van der Waals surface area contributed by atoms with Gasteiger partial charge in [0.25, 0.3) is 0 Å². The Balaban J connectivity index is 2.83. The van der Waals surface area contributed by atoms with Crippen molar-refractivity contribution in [2.24, 2.45) is 5.73 Å². The van der Waals surface area contributed by atoms with E-state index < -0.39 is 60.8 Å². The summed E-state index contributed by atoms with van der Waals surface area (Å²) in [6.45, 7) is -0.204. The Morgan fingerprint density at radius 1 is 1.15 bits per heavy atom. The van der Waals surface area contributed by atoms with Crippen molar-refractivity contribution in [1.82, 2.24) is 15.5 Å². The molecule has 1 rings (SSSR count). The van der Waals surface area contributed by atoms with E-state index in [1.807, 2.05) is 0 Å². The minimum atomic E-state index is -1.42. The maximum atomic E-state index is 12.5. The van der Waals surface area contributed by atoms with Crippen LogP contribution in [0.1, 0.15) is 19.3 Å². The lowest BCUT2D eigenvalue weighted by Crippen LogP contribution is -2.57. The molecule has 0 aromatic rings. The van der Waals surface area contributed by atoms with Crippen molar-refractivity contribution in [2.75, 3.05) is 18.8 Å². The number of carboxylic acid groups (broad SMARTS) is 2. The van der Waals surface area contributed by atoms with E-state index >= 15 is 0 Å². The second-order valence-electron chi connectivity index (χ2n) is 5.69. The summed E-state index contributed by atoms with van der Waals surface area (Å²) >= 11 is 4.00. The molecule has 0 aromatic carbocycles. The zero-order chi connectivity index (χ0) is 19.9. The molecule has 3 amide bonds. The highest BCUT2D eigenvalue weighted by molar-refractivity contribution is 7.80. The molecule has 0 aliphatic carbocycles. The van der Waals surface area contributed by atoms with E-state index in [1.54, 1.807) is 0 Å². The first-order valence-corrected chi connectivity index (χ1v) is 8.50. The van der Waals surface area contributed by atoms with Gasteiger partial charge in [0.05, 0.1) is 13.0 Å². The zero-order valence-corrected chi connectivity index (χ0v) is 14.8. The first kappa shape index (κ1) is 21.7. The number of likely N-dealkylation sites (tertiary alicyclic amines) is 1. The summed E-state index contributed by atoms with van der Waals surface area (Å²) in [6, 6.07) is -3.56. The van der Waals surface area contributed by atoms with Gasteiger partial charge in [0.15, 0.2) is 0 Å². The molecule has 1 aliphatic heterocycles. The molecule has 3 atom stereocenters. The van der Waals surface area contributed by atoms with E-state index in [0.29, 0.717) is 12.8 Å². The van der Waals surface area contributed by atoms with Crippen LogP contribution in [-0.4, -0.2) is 81.7 Å². The molecule has 26 heavy (non-hydrogen) atoms. The van der Waals surface area contributed by atoms with E-state index in [2.05, 4.69) is 23.3 Å². The summed E-state index contributed by atoms with van der Waals surface area (Å²) in [5.41, 5.74) is 5.13. The molecule has 1 aliphatic rings. The normalized spacial score (nSPS) is 18.7. The number of hydrogen-bond donors (Lipinski definition) is 6. The topological polar surface area (TPSA) is 179 Å². The highest BCUT2D eigenvalue weighted by Gasteiger charge is 2.38. The van der Waals surface area contributed by atoms with Crippen LogP contribution in [0.15, 0.2) is 0 Å². The largest absolute Gasteiger partial charge is 0.481 e. The third kappa shape index (κ3) is 5.88. The third-order valence-corrected chi connectivity index (χ3v) is 4.20. The number of nitrogens with zero attached hydrogens (tertiary/aromatic N) is 1. The van der Waals surface area contributed by atoms with E-state index in [1.165, 1.54) is 0 Å². The number of carboxylic acids is 2. The summed E-state index contributed by atoms with van der Waals surface area (Å²) in [7, 11) is 0. The lowest BCUT2D eigenvalue weighted by molar-refractivity contribution is -0.149. The fraction of sp³-hybridized carbons (Fsp3) is 0.643. The van der Waals surface area contributed by atoms with Crippen LogP contribution in [0, 0.1) is 0 Å². The van der Waals surface area contributed by atoms with Gasteiger partial charge < -0.3 is 31.5 Å². The molecular weight excluding hydrogens is 368 g/mol. The van der Waals surface area contributed by atoms with Crippen LogP contribution in [0.4, 0.5) is 0 Å². The number of hydrogen-bond acceptors (Lipinski definition) is 7. The summed E-state index contributed by atoms with van der Waals surface area (Å²) in [6.07, 6.45) is 0.124. The molecule has 6 N–H and O–H groups in total. The van der Waals surface area contributed by atoms with Gasteiger partial charge in [-0.2, -0.15) is 12.6 Å². The van der Waals surface area contributed by atoms with Crippen LogP contribution in [0.25, 0.3) is 0 Å². The van der Waals surface area contributed by atoms with Gasteiger partial charge in [0.2, 0.25) is 17.7 Å². The Kier molecular flexibility index (Phi) is 8.32. The molecule has 0 aromatic heterocycles. The summed E-state index contributed by atoms with van der Waals surface area (Å²) in [5.74, 6) is -4.85. The molecule has 1 fully saturated rings. The van der Waals surface area contributed by atoms with E-state index in [9.17, 15) is 24.0 Å². The van der Waals surface area contributed by atoms with Crippen molar-refractivity contribution < 1.29 is 34.2 Å². The van der Waals surface area contributed by atoms with Crippen LogP contribution in [0.5, 0.6) is 0 Å². The first-order valence-electron chi connectivity index (χ1n) is 7.87. The monoisotopic (exact) mass is 390 g/mol. The average Bonchev–Trinajstić information content (AvgIpc) is 3.07. The number of carbonyl (C=O) groups excluding carboxylic acids is 3. The second kappa shape index (κ2) is 9.97. The molecule has 1 saturated heterocycles. The maximum absolute atomic E-state index is 12.5. The number of amides is 3. The maximum Gasteiger partial charge on any atom is 0.326 e. The van der Waals surface area contributed by atoms with Crippen LogP contribution in [-0.2, 0) is 24.0 Å². The van der Waals surface area contributed by atoms with Crippen molar-refractivity contribution in [3.05, 3.63) is 0 Å². The fourth-order valence-corrected chi connectivity index (χ4v) is 2.83. The van der Waals surface area contributed by atoms with Crippen molar-refractivity contribution in [3.8, 4) is 0 Å². The SMILES string of the molecule is NCC(=O)NC(CC(=O)O)C(=O)NC(CS)C(=O)N1CCCC1C(=O)O. The summed E-state index contributed by atoms with van der Waals surface area (Å²) in [5, 5.41) is 22.5. The molecule has 1 heterocycles. The predicted molar refractivity (Wildman–Crippen MR) is 91.4 cm³/mol. The number of nitrogens with two attached hydrogens (primary N) is 1. The first-order chi connectivity index (χ1) is 12.2. The Morgan fingerprint density at radius 2 is 1.81 bits per heavy atom. The predicted octanol–water partition coefficient (Wildman–Crippen LogP) is -2.61. The fourth-order valence-electron chi connectivity index (χ4n) is 2.58. The number of rotatable bonds is 9. The van der Waals surface area contributed by atoms with Gasteiger partial charge in [-0.1, -0.05) is 0 Å². The van der Waals surface area contributed by atoms with Crippen LogP contribution < -0.4 is 16.4 Å². The van der Waals surface area contributed by atoms with Gasteiger partial charge in [-0.25, -0.2) is 4.79 Å². The standard InChI is InChI=1S/C14H22N4O7S/c15-5-10(19)16-7(4-11(20)21)12(22)17-8(6-26)13(23)18-3-1-2-9(18)14(24)25/h7-9,26H,1-6,15H2,(H,16,19)(H,17,22)(H,20,21)(H,24,25). The number of nitrogens with one attached hydrogen (secondary N) is 2. The molecule has 12 heteroatoms. The lowest BCUT2D eigenvalue weighted by Gasteiger charge is -2.27. The molecule has 0 bridgehead atoms. The smallest absolute Gasteiger partial charge is 0.326 e. The molecule has 0 saturated carbocycles. The molecule has 0 radical (unpaired) electrons. The van der Waals surface area contributed by atoms with E-state index in [4.69, 9.17) is 15.9 Å². The molecule has 146 valence electrons. The van der Waals surface area contributed by atoms with Gasteiger partial charge in [0.1, 0.15) is 18.1 Å². The second-order valence-corrected chi connectivity index (χ2v) is 6.06. The Morgan fingerprint density at radius 3 is 2.31 bits per heavy atom. The molecule has 0 spiro atoms. The minimum absolute atomic E-state index is 0.127. The Labute approximate surface area is 154 Å². The van der Waals surface area contributed by atoms with Gasteiger partial charge in [-0.3, -0.25) is 19.2 Å². The Hall–Kier alpha value is -2.34. The van der Waals surface area contributed by atoms with Crippen molar-refractivity contribution in [3.63, 3.8) is 0 Å². The average molecular weight is 390 g/mol. The Bertz CT molecular complexity index is 586. The highest BCUT2D eigenvalue weighted by Crippen LogP contribution is 2.18. The van der Waals surface area contributed by atoms with Crippen LogP contribution in [0.3, 0.4) is 0 Å². The quantitative estimate of drug-likeness (QED) is 0.232. The van der Waals surface area contributed by atoms with Crippen molar-refractivity contribution >= 4 is 42.3 Å². The molecular formula is C14H22N4O7S. The summed E-state index contributed by atoms with van der Waals surface area (Å²) in [4.78, 5) is 59.4. The van der Waals surface area contributed by atoms with Gasteiger partial charge in [-0.05, 0) is 12.8 Å². The molecule has 11 nitrogen and oxygen atoms in total. The number of carbonyl (C=O) groups is 5. The number of thiol groups is 1. The van der Waals surface area contributed by atoms with E-state index in [-0.39, 0.29) is 12.3 Å². The molecule has 3 unspecified atom stereocenters. The van der Waals surface area contributed by atoms with Gasteiger partial charge >= 0.3 is 11.9 Å². The third-order valence-electron chi connectivity index (χ3n) is 3.83. The lowest BCUT2D eigenvalue weighted by atomic mass is 10.1. The van der Waals surface area contributed by atoms with Gasteiger partial charge in [-0.15, -0.1) is 0 Å². The highest BCUT2D eigenvalue weighted by atomic mass is 32.1. The van der Waals surface area contributed by atoms with E-state index in [0.717, 1.165) is 4.90 Å². The van der Waals surface area contributed by atoms with Crippen LogP contribution in [0.2, 0.25) is 0 Å².